The van der Waals surface area contributed by atoms with Crippen molar-refractivity contribution in [2.75, 3.05) is 7.11 Å². The predicted molar refractivity (Wildman–Crippen MR) is 87.6 cm³/mol. The van der Waals surface area contributed by atoms with Crippen molar-refractivity contribution in [1.82, 2.24) is 5.01 Å². The number of carbonyl (C=O) groups is 1. The molecule has 0 bridgehead atoms. The monoisotopic (exact) mass is 382 g/mol. The molecule has 5 nitrogen and oxygen atoms in total. The van der Waals surface area contributed by atoms with Gasteiger partial charge in [-0.1, -0.05) is 24.3 Å². The van der Waals surface area contributed by atoms with Gasteiger partial charge >= 0.3 is 6.18 Å². The SMILES string of the molecule is COc1cccc(C2(O)CC(C(F)(F)F)=NN2C(=O)c2ccccc2F)c1. The van der Waals surface area contributed by atoms with E-state index in [1.54, 1.807) is 0 Å². The second-order valence-electron chi connectivity index (χ2n) is 5.87. The minimum Gasteiger partial charge on any atom is -0.497 e. The Bertz CT molecular complexity index is 913. The number of methoxy groups -OCH3 is 1. The number of nitrogens with zero attached hydrogens (tertiary/aromatic N) is 2. The number of hydrazone groups is 1. The highest BCUT2D eigenvalue weighted by Crippen LogP contribution is 2.41. The van der Waals surface area contributed by atoms with Crippen LogP contribution >= 0.6 is 0 Å². The van der Waals surface area contributed by atoms with Crippen molar-refractivity contribution < 1.29 is 32.2 Å². The van der Waals surface area contributed by atoms with Gasteiger partial charge in [-0.2, -0.15) is 23.3 Å². The third-order valence-electron chi connectivity index (χ3n) is 4.14. The highest BCUT2D eigenvalue weighted by molar-refractivity contribution is 6.00. The van der Waals surface area contributed by atoms with Crippen molar-refractivity contribution in [3.05, 3.63) is 65.5 Å². The molecule has 0 fully saturated rings. The van der Waals surface area contributed by atoms with Gasteiger partial charge in [0.05, 0.1) is 19.1 Å². The van der Waals surface area contributed by atoms with Crippen LogP contribution in [0.5, 0.6) is 5.75 Å². The van der Waals surface area contributed by atoms with Crippen LogP contribution in [0.4, 0.5) is 17.6 Å². The van der Waals surface area contributed by atoms with Crippen LogP contribution in [0.15, 0.2) is 53.6 Å². The highest BCUT2D eigenvalue weighted by atomic mass is 19.4. The van der Waals surface area contributed by atoms with Gasteiger partial charge in [-0.25, -0.2) is 4.39 Å². The zero-order chi connectivity index (χ0) is 19.8. The van der Waals surface area contributed by atoms with Crippen molar-refractivity contribution in [2.45, 2.75) is 18.3 Å². The smallest absolute Gasteiger partial charge is 0.431 e. The maximum atomic E-state index is 14.0. The third kappa shape index (κ3) is 3.37. The molecule has 0 aliphatic carbocycles. The first-order valence-electron chi connectivity index (χ1n) is 7.77. The largest absolute Gasteiger partial charge is 0.497 e. The van der Waals surface area contributed by atoms with E-state index in [-0.39, 0.29) is 16.3 Å². The summed E-state index contributed by atoms with van der Waals surface area (Å²) in [6, 6.07) is 10.4. The molecule has 2 aromatic carbocycles. The van der Waals surface area contributed by atoms with Gasteiger partial charge in [0.2, 0.25) is 0 Å². The van der Waals surface area contributed by atoms with Gasteiger partial charge in [0, 0.05) is 5.56 Å². The van der Waals surface area contributed by atoms with Gasteiger partial charge < -0.3 is 9.84 Å². The van der Waals surface area contributed by atoms with Crippen molar-refractivity contribution in [1.29, 1.82) is 0 Å². The molecule has 0 spiro atoms. The minimum absolute atomic E-state index is 0.0467. The Morgan fingerprint density at radius 3 is 2.56 bits per heavy atom. The number of ether oxygens (including phenoxy) is 1. The second-order valence-corrected chi connectivity index (χ2v) is 5.87. The Kier molecular flexibility index (Phi) is 4.64. The topological polar surface area (TPSA) is 62.1 Å². The summed E-state index contributed by atoms with van der Waals surface area (Å²) in [5, 5.41) is 14.6. The first-order valence-corrected chi connectivity index (χ1v) is 7.77. The number of halogens is 4. The van der Waals surface area contributed by atoms with Crippen LogP contribution in [0.1, 0.15) is 22.3 Å². The van der Waals surface area contributed by atoms with Crippen molar-refractivity contribution >= 4 is 11.6 Å². The summed E-state index contributed by atoms with van der Waals surface area (Å²) in [6.45, 7) is 0. The van der Waals surface area contributed by atoms with Crippen LogP contribution in [-0.4, -0.2) is 35.0 Å². The zero-order valence-electron chi connectivity index (χ0n) is 14.0. The van der Waals surface area contributed by atoms with Crippen molar-refractivity contribution in [3.8, 4) is 5.75 Å². The first kappa shape index (κ1) is 18.8. The molecule has 142 valence electrons. The first-order chi connectivity index (χ1) is 12.7. The normalized spacial score (nSPS) is 19.8. The Balaban J connectivity index is 2.11. The number of aliphatic hydroxyl groups is 1. The number of hydrogen-bond donors (Lipinski definition) is 1. The molecule has 2 aromatic rings. The molecule has 1 atom stereocenters. The molecule has 1 N–H and O–H groups in total. The summed E-state index contributed by atoms with van der Waals surface area (Å²) < 4.78 is 58.6. The lowest BCUT2D eigenvalue weighted by Crippen LogP contribution is -2.44. The molecular formula is C18H14F4N2O3. The van der Waals surface area contributed by atoms with Gasteiger partial charge in [-0.15, -0.1) is 0 Å². The number of alkyl halides is 3. The molecule has 1 unspecified atom stereocenters. The van der Waals surface area contributed by atoms with E-state index in [1.165, 1.54) is 43.5 Å². The molecule has 0 radical (unpaired) electrons. The highest BCUT2D eigenvalue weighted by Gasteiger charge is 2.53. The molecule has 1 heterocycles. The van der Waals surface area contributed by atoms with E-state index < -0.39 is 41.3 Å². The fourth-order valence-electron chi connectivity index (χ4n) is 2.76. The predicted octanol–water partition coefficient (Wildman–Crippen LogP) is 3.44. The Labute approximate surface area is 151 Å². The standard InChI is InChI=1S/C18H14F4N2O3/c1-27-12-6-4-5-11(9-12)17(26)10-15(18(20,21)22)23-24(17)16(25)13-7-2-3-8-14(13)19/h2-9,26H,10H2,1H3. The van der Waals surface area contributed by atoms with E-state index in [9.17, 15) is 27.5 Å². The minimum atomic E-state index is -4.86. The Hall–Kier alpha value is -2.94. The molecule has 0 saturated carbocycles. The number of amides is 1. The van der Waals surface area contributed by atoms with Crippen molar-refractivity contribution in [3.63, 3.8) is 0 Å². The lowest BCUT2D eigenvalue weighted by molar-refractivity contribution is -0.0818. The Morgan fingerprint density at radius 1 is 1.22 bits per heavy atom. The van der Waals surface area contributed by atoms with Crippen LogP contribution in [0.3, 0.4) is 0 Å². The average Bonchev–Trinajstić information content (AvgIpc) is 3.01. The molecule has 1 amide bonds. The summed E-state index contributed by atoms with van der Waals surface area (Å²) in [7, 11) is 1.34. The average molecular weight is 382 g/mol. The molecule has 27 heavy (non-hydrogen) atoms. The fraction of sp³-hybridized carbons (Fsp3) is 0.222. The number of hydrogen-bond acceptors (Lipinski definition) is 4. The van der Waals surface area contributed by atoms with E-state index >= 15 is 0 Å². The van der Waals surface area contributed by atoms with Gasteiger partial charge in [-0.05, 0) is 24.3 Å². The van der Waals surface area contributed by atoms with Crippen LogP contribution in [-0.2, 0) is 5.72 Å². The van der Waals surface area contributed by atoms with Gasteiger partial charge in [-0.3, -0.25) is 4.79 Å². The molecule has 3 rings (SSSR count). The number of rotatable bonds is 3. The zero-order valence-corrected chi connectivity index (χ0v) is 14.0. The lowest BCUT2D eigenvalue weighted by Gasteiger charge is -2.31. The lowest BCUT2D eigenvalue weighted by atomic mass is 9.96. The summed E-state index contributed by atoms with van der Waals surface area (Å²) in [5.41, 5.74) is -4.35. The summed E-state index contributed by atoms with van der Waals surface area (Å²) in [4.78, 5) is 12.7. The van der Waals surface area contributed by atoms with E-state index in [4.69, 9.17) is 4.74 Å². The molecule has 1 aliphatic rings. The summed E-state index contributed by atoms with van der Waals surface area (Å²) in [6.07, 6.45) is -5.86. The van der Waals surface area contributed by atoms with E-state index in [0.717, 1.165) is 12.1 Å². The molecule has 0 saturated heterocycles. The maximum Gasteiger partial charge on any atom is 0.431 e. The van der Waals surface area contributed by atoms with Crippen LogP contribution < -0.4 is 4.74 Å². The molecule has 9 heteroatoms. The number of benzene rings is 2. The van der Waals surface area contributed by atoms with E-state index in [2.05, 4.69) is 5.10 Å². The van der Waals surface area contributed by atoms with E-state index in [1.807, 2.05) is 0 Å². The van der Waals surface area contributed by atoms with Gasteiger partial charge in [0.15, 0.2) is 5.72 Å². The summed E-state index contributed by atoms with van der Waals surface area (Å²) in [5.74, 6) is -1.87. The third-order valence-corrected chi connectivity index (χ3v) is 4.14. The quantitative estimate of drug-likeness (QED) is 0.828. The van der Waals surface area contributed by atoms with Crippen LogP contribution in [0.25, 0.3) is 0 Å². The summed E-state index contributed by atoms with van der Waals surface area (Å²) >= 11 is 0. The second kappa shape index (κ2) is 6.66. The van der Waals surface area contributed by atoms with Crippen LogP contribution in [0, 0.1) is 5.82 Å². The van der Waals surface area contributed by atoms with Crippen LogP contribution in [0.2, 0.25) is 0 Å². The van der Waals surface area contributed by atoms with Gasteiger partial charge in [0.25, 0.3) is 5.91 Å². The molecular weight excluding hydrogens is 368 g/mol. The van der Waals surface area contributed by atoms with Gasteiger partial charge in [0.1, 0.15) is 17.3 Å². The molecule has 0 aromatic heterocycles. The molecule has 1 aliphatic heterocycles. The number of carbonyl (C=O) groups excluding carboxylic acids is 1. The maximum absolute atomic E-state index is 14.0. The van der Waals surface area contributed by atoms with Crippen molar-refractivity contribution in [2.24, 2.45) is 5.10 Å². The Morgan fingerprint density at radius 2 is 1.93 bits per heavy atom. The fourth-order valence-corrected chi connectivity index (χ4v) is 2.76. The van der Waals surface area contributed by atoms with E-state index in [0.29, 0.717) is 0 Å².